The van der Waals surface area contributed by atoms with Crippen LogP contribution in [0.5, 0.6) is 0 Å². The monoisotopic (exact) mass is 234 g/mol. The molecule has 2 aromatic rings. The van der Waals surface area contributed by atoms with Crippen molar-refractivity contribution in [1.82, 2.24) is 19.7 Å². The van der Waals surface area contributed by atoms with Crippen LogP contribution in [0, 0.1) is 6.92 Å². The van der Waals surface area contributed by atoms with Crippen LogP contribution in [-0.4, -0.2) is 26.9 Å². The average molecular weight is 234 g/mol. The molecular weight excluding hydrogens is 220 g/mol. The third-order valence-corrected chi connectivity index (χ3v) is 2.14. The maximum Gasteiger partial charge on any atom is 0.159 e. The predicted molar refractivity (Wildman–Crippen MR) is 62.4 cm³/mol. The van der Waals surface area contributed by atoms with Crippen LogP contribution in [0.4, 0.5) is 5.82 Å². The summed E-state index contributed by atoms with van der Waals surface area (Å²) in [5.41, 5.74) is 3.41. The van der Waals surface area contributed by atoms with Crippen molar-refractivity contribution in [3.8, 4) is 5.82 Å². The molecule has 0 saturated heterocycles. The van der Waals surface area contributed by atoms with Crippen molar-refractivity contribution in [1.29, 1.82) is 0 Å². The zero-order valence-electron chi connectivity index (χ0n) is 9.71. The van der Waals surface area contributed by atoms with Gasteiger partial charge in [-0.05, 0) is 13.0 Å². The van der Waals surface area contributed by atoms with E-state index in [2.05, 4.69) is 20.5 Å². The van der Waals surface area contributed by atoms with E-state index in [9.17, 15) is 0 Å². The van der Waals surface area contributed by atoms with Crippen molar-refractivity contribution in [2.45, 2.75) is 13.5 Å². The molecule has 0 unspecified atom stereocenters. The number of hydrogen-bond donors (Lipinski definition) is 2. The molecule has 7 heteroatoms. The second-order valence-corrected chi connectivity index (χ2v) is 3.51. The molecule has 7 nitrogen and oxygen atoms in total. The highest BCUT2D eigenvalue weighted by atomic mass is 16.5. The fourth-order valence-corrected chi connectivity index (χ4v) is 1.41. The smallest absolute Gasteiger partial charge is 0.159 e. The van der Waals surface area contributed by atoms with Crippen LogP contribution in [0.25, 0.3) is 5.82 Å². The van der Waals surface area contributed by atoms with Crippen molar-refractivity contribution in [3.05, 3.63) is 29.8 Å². The number of nitrogen functional groups attached to an aromatic ring is 1. The lowest BCUT2D eigenvalue weighted by atomic mass is 10.5. The fraction of sp³-hybridized carbons (Fsp3) is 0.300. The van der Waals surface area contributed by atoms with Gasteiger partial charge in [0, 0.05) is 19.4 Å². The Balaban J connectivity index is 2.42. The topological polar surface area (TPSA) is 90.9 Å². The summed E-state index contributed by atoms with van der Waals surface area (Å²) in [6.07, 6.45) is 1.83. The first-order valence-electron chi connectivity index (χ1n) is 5.09. The first-order valence-corrected chi connectivity index (χ1v) is 5.09. The zero-order chi connectivity index (χ0) is 12.3. The quantitative estimate of drug-likeness (QED) is 0.588. The Labute approximate surface area is 98.6 Å². The van der Waals surface area contributed by atoms with Gasteiger partial charge in [0.15, 0.2) is 11.6 Å². The lowest BCUT2D eigenvalue weighted by molar-refractivity contribution is 0.178. The molecule has 0 aliphatic rings. The first kappa shape index (κ1) is 11.5. The summed E-state index contributed by atoms with van der Waals surface area (Å²) in [6.45, 7) is 2.23. The SMILES string of the molecule is COCc1nc(NN)cc(-n2ccc(C)n2)n1. The first-order chi connectivity index (χ1) is 8.22. The fourth-order valence-electron chi connectivity index (χ4n) is 1.41. The van der Waals surface area contributed by atoms with Crippen molar-refractivity contribution in [2.24, 2.45) is 5.84 Å². The van der Waals surface area contributed by atoms with Gasteiger partial charge in [-0.25, -0.2) is 20.5 Å². The van der Waals surface area contributed by atoms with E-state index in [1.807, 2.05) is 19.2 Å². The van der Waals surface area contributed by atoms with Gasteiger partial charge in [0.25, 0.3) is 0 Å². The number of aryl methyl sites for hydroxylation is 1. The lowest BCUT2D eigenvalue weighted by Gasteiger charge is -2.06. The molecule has 0 atom stereocenters. The lowest BCUT2D eigenvalue weighted by Crippen LogP contribution is -2.13. The summed E-state index contributed by atoms with van der Waals surface area (Å²) in [4.78, 5) is 8.48. The Hall–Kier alpha value is -1.99. The van der Waals surface area contributed by atoms with Gasteiger partial charge < -0.3 is 10.2 Å². The second-order valence-electron chi connectivity index (χ2n) is 3.51. The highest BCUT2D eigenvalue weighted by molar-refractivity contribution is 5.40. The average Bonchev–Trinajstić information content (AvgIpc) is 2.76. The number of nitrogens with one attached hydrogen (secondary N) is 1. The highest BCUT2D eigenvalue weighted by Crippen LogP contribution is 2.10. The Kier molecular flexibility index (Phi) is 3.31. The van der Waals surface area contributed by atoms with Gasteiger partial charge in [0.05, 0.1) is 5.69 Å². The number of hydrazine groups is 1. The molecular formula is C10H14N6O. The van der Waals surface area contributed by atoms with E-state index in [0.29, 0.717) is 24.1 Å². The minimum atomic E-state index is 0.322. The number of ether oxygens (including phenoxy) is 1. The molecule has 0 spiro atoms. The van der Waals surface area contributed by atoms with Crippen molar-refractivity contribution in [3.63, 3.8) is 0 Å². The molecule has 2 heterocycles. The number of aromatic nitrogens is 4. The van der Waals surface area contributed by atoms with Crippen LogP contribution < -0.4 is 11.3 Å². The molecule has 0 bridgehead atoms. The van der Waals surface area contributed by atoms with Gasteiger partial charge in [-0.15, -0.1) is 0 Å². The molecule has 3 N–H and O–H groups in total. The standard InChI is InChI=1S/C10H14N6O/c1-7-3-4-16(15-7)10-5-8(14-11)12-9(13-10)6-17-2/h3-5H,6,11H2,1-2H3,(H,12,13,14). The van der Waals surface area contributed by atoms with E-state index in [4.69, 9.17) is 10.6 Å². The molecule has 0 saturated carbocycles. The van der Waals surface area contributed by atoms with Gasteiger partial charge >= 0.3 is 0 Å². The molecule has 0 aliphatic carbocycles. The van der Waals surface area contributed by atoms with Gasteiger partial charge in [-0.3, -0.25) is 0 Å². The molecule has 0 fully saturated rings. The van der Waals surface area contributed by atoms with E-state index >= 15 is 0 Å². The van der Waals surface area contributed by atoms with Crippen LogP contribution >= 0.6 is 0 Å². The summed E-state index contributed by atoms with van der Waals surface area (Å²) in [7, 11) is 1.59. The highest BCUT2D eigenvalue weighted by Gasteiger charge is 2.06. The number of rotatable bonds is 4. The predicted octanol–water partition coefficient (Wildman–Crippen LogP) is 0.403. The van der Waals surface area contributed by atoms with E-state index in [1.165, 1.54) is 0 Å². The van der Waals surface area contributed by atoms with E-state index in [-0.39, 0.29) is 0 Å². The molecule has 0 aliphatic heterocycles. The van der Waals surface area contributed by atoms with Crippen molar-refractivity contribution in [2.75, 3.05) is 12.5 Å². The van der Waals surface area contributed by atoms with Gasteiger partial charge in [-0.1, -0.05) is 0 Å². The zero-order valence-corrected chi connectivity index (χ0v) is 9.71. The van der Waals surface area contributed by atoms with Crippen molar-refractivity contribution < 1.29 is 4.74 Å². The number of nitrogens with two attached hydrogens (primary N) is 1. The molecule has 2 aromatic heterocycles. The number of anilines is 1. The molecule has 0 amide bonds. The normalized spacial score (nSPS) is 10.5. The van der Waals surface area contributed by atoms with Gasteiger partial charge in [0.2, 0.25) is 0 Å². The minimum Gasteiger partial charge on any atom is -0.377 e. The number of nitrogens with zero attached hydrogens (tertiary/aromatic N) is 4. The summed E-state index contributed by atoms with van der Waals surface area (Å²) in [5, 5.41) is 4.27. The summed E-state index contributed by atoms with van der Waals surface area (Å²) < 4.78 is 6.66. The molecule has 0 aromatic carbocycles. The van der Waals surface area contributed by atoms with E-state index < -0.39 is 0 Å². The number of hydrogen-bond acceptors (Lipinski definition) is 6. The number of methoxy groups -OCH3 is 1. The summed E-state index contributed by atoms with van der Waals surface area (Å²) in [5.74, 6) is 7.07. The third-order valence-electron chi connectivity index (χ3n) is 2.14. The Morgan fingerprint density at radius 1 is 1.47 bits per heavy atom. The van der Waals surface area contributed by atoms with Crippen LogP contribution in [0.1, 0.15) is 11.5 Å². The Morgan fingerprint density at radius 3 is 2.88 bits per heavy atom. The minimum absolute atomic E-state index is 0.322. The van der Waals surface area contributed by atoms with Gasteiger partial charge in [0.1, 0.15) is 12.4 Å². The van der Waals surface area contributed by atoms with Crippen LogP contribution in [0.2, 0.25) is 0 Å². The van der Waals surface area contributed by atoms with Crippen LogP contribution in [0.15, 0.2) is 18.3 Å². The summed E-state index contributed by atoms with van der Waals surface area (Å²) in [6, 6.07) is 3.61. The van der Waals surface area contributed by atoms with E-state index in [1.54, 1.807) is 17.9 Å². The van der Waals surface area contributed by atoms with E-state index in [0.717, 1.165) is 5.69 Å². The molecule has 0 radical (unpaired) electrons. The maximum absolute atomic E-state index is 5.36. The maximum atomic E-state index is 5.36. The van der Waals surface area contributed by atoms with Crippen molar-refractivity contribution >= 4 is 5.82 Å². The third kappa shape index (κ3) is 2.58. The Bertz CT molecular complexity index is 509. The molecule has 17 heavy (non-hydrogen) atoms. The second kappa shape index (κ2) is 4.89. The van der Waals surface area contributed by atoms with Gasteiger partial charge in [-0.2, -0.15) is 5.10 Å². The molecule has 2 rings (SSSR count). The molecule has 90 valence electrons. The largest absolute Gasteiger partial charge is 0.377 e. The van der Waals surface area contributed by atoms with Crippen LogP contribution in [-0.2, 0) is 11.3 Å². The van der Waals surface area contributed by atoms with Crippen LogP contribution in [0.3, 0.4) is 0 Å². The Morgan fingerprint density at radius 2 is 2.29 bits per heavy atom. The summed E-state index contributed by atoms with van der Waals surface area (Å²) >= 11 is 0.